The van der Waals surface area contributed by atoms with E-state index in [1.165, 1.54) is 0 Å². The summed E-state index contributed by atoms with van der Waals surface area (Å²) in [6, 6.07) is 0.386. The molecule has 6 heteroatoms. The zero-order valence-electron chi connectivity index (χ0n) is 11.5. The summed E-state index contributed by atoms with van der Waals surface area (Å²) in [5.74, 6) is 1.25. The molecule has 0 atom stereocenters. The predicted molar refractivity (Wildman–Crippen MR) is 71.2 cm³/mol. The molecular formula is C12H21N5O. The Balaban J connectivity index is 2.24. The first-order valence-corrected chi connectivity index (χ1v) is 6.35. The average molecular weight is 251 g/mol. The highest BCUT2D eigenvalue weighted by molar-refractivity contribution is 5.39. The van der Waals surface area contributed by atoms with Crippen LogP contribution in [0.15, 0.2) is 0 Å². The standard InChI is InChI=1S/C12H21N5O/c1-5-18-11-15-9(13-4)14-10(16-11)17-7-6-12(2,3)8-17/h5-8H2,1-4H3,(H,13,14,15,16). The van der Waals surface area contributed by atoms with Crippen molar-refractivity contribution in [1.29, 1.82) is 0 Å². The molecule has 100 valence electrons. The van der Waals surface area contributed by atoms with Crippen molar-refractivity contribution < 1.29 is 4.74 Å². The van der Waals surface area contributed by atoms with Gasteiger partial charge in [0.25, 0.3) is 0 Å². The Morgan fingerprint density at radius 2 is 2.11 bits per heavy atom. The molecule has 6 nitrogen and oxygen atoms in total. The molecule has 1 fully saturated rings. The number of rotatable bonds is 4. The van der Waals surface area contributed by atoms with E-state index in [4.69, 9.17) is 4.74 Å². The molecule has 2 heterocycles. The lowest BCUT2D eigenvalue weighted by atomic mass is 9.93. The largest absolute Gasteiger partial charge is 0.464 e. The van der Waals surface area contributed by atoms with Gasteiger partial charge in [-0.3, -0.25) is 0 Å². The number of ether oxygens (including phenoxy) is 1. The smallest absolute Gasteiger partial charge is 0.323 e. The molecular weight excluding hydrogens is 230 g/mol. The highest BCUT2D eigenvalue weighted by Gasteiger charge is 2.31. The van der Waals surface area contributed by atoms with Crippen LogP contribution in [0, 0.1) is 5.41 Å². The molecule has 0 saturated carbocycles. The summed E-state index contributed by atoms with van der Waals surface area (Å²) in [4.78, 5) is 15.1. The van der Waals surface area contributed by atoms with Gasteiger partial charge in [0.2, 0.25) is 11.9 Å². The fraction of sp³-hybridized carbons (Fsp3) is 0.750. The zero-order chi connectivity index (χ0) is 13.2. The molecule has 1 aromatic rings. The third-order valence-corrected chi connectivity index (χ3v) is 3.06. The van der Waals surface area contributed by atoms with Gasteiger partial charge in [-0.25, -0.2) is 0 Å². The van der Waals surface area contributed by atoms with Gasteiger partial charge in [-0.2, -0.15) is 15.0 Å². The molecule has 1 N–H and O–H groups in total. The highest BCUT2D eigenvalue weighted by Crippen LogP contribution is 2.31. The molecule has 0 aliphatic carbocycles. The first kappa shape index (κ1) is 12.9. The van der Waals surface area contributed by atoms with Crippen molar-refractivity contribution in [3.05, 3.63) is 0 Å². The monoisotopic (exact) mass is 251 g/mol. The summed E-state index contributed by atoms with van der Waals surface area (Å²) in [6.07, 6.45) is 1.15. The van der Waals surface area contributed by atoms with E-state index in [2.05, 4.69) is 39.0 Å². The normalized spacial score (nSPS) is 17.9. The molecule has 0 amide bonds. The first-order chi connectivity index (χ1) is 8.54. The van der Waals surface area contributed by atoms with Crippen LogP contribution in [0.2, 0.25) is 0 Å². The summed E-state index contributed by atoms with van der Waals surface area (Å²) in [6.45, 7) is 8.93. The van der Waals surface area contributed by atoms with Crippen LogP contribution in [-0.4, -0.2) is 41.7 Å². The second-order valence-corrected chi connectivity index (χ2v) is 5.26. The van der Waals surface area contributed by atoms with E-state index in [0.29, 0.717) is 29.9 Å². The van der Waals surface area contributed by atoms with E-state index in [-0.39, 0.29) is 0 Å². The van der Waals surface area contributed by atoms with Crippen LogP contribution >= 0.6 is 0 Å². The van der Waals surface area contributed by atoms with Gasteiger partial charge in [0.15, 0.2) is 0 Å². The van der Waals surface area contributed by atoms with Gasteiger partial charge < -0.3 is 15.0 Å². The predicted octanol–water partition coefficient (Wildman–Crippen LogP) is 1.55. The van der Waals surface area contributed by atoms with E-state index < -0.39 is 0 Å². The minimum absolute atomic E-state index is 0.318. The van der Waals surface area contributed by atoms with Crippen LogP contribution < -0.4 is 15.0 Å². The van der Waals surface area contributed by atoms with Crippen LogP contribution in [0.25, 0.3) is 0 Å². The topological polar surface area (TPSA) is 63.2 Å². The molecule has 0 spiro atoms. The van der Waals surface area contributed by atoms with Crippen molar-refractivity contribution in [3.8, 4) is 6.01 Å². The van der Waals surface area contributed by atoms with Crippen LogP contribution in [-0.2, 0) is 0 Å². The Bertz CT molecular complexity index is 421. The van der Waals surface area contributed by atoms with Gasteiger partial charge in [-0.15, -0.1) is 0 Å². The second kappa shape index (κ2) is 4.96. The molecule has 1 saturated heterocycles. The molecule has 18 heavy (non-hydrogen) atoms. The van der Waals surface area contributed by atoms with Crippen molar-refractivity contribution in [3.63, 3.8) is 0 Å². The van der Waals surface area contributed by atoms with E-state index >= 15 is 0 Å². The average Bonchev–Trinajstić information content (AvgIpc) is 2.70. The van der Waals surface area contributed by atoms with Crippen molar-refractivity contribution >= 4 is 11.9 Å². The van der Waals surface area contributed by atoms with Gasteiger partial charge in [-0.05, 0) is 18.8 Å². The molecule has 0 aromatic carbocycles. The van der Waals surface area contributed by atoms with Crippen LogP contribution in [0.5, 0.6) is 6.01 Å². The third kappa shape index (κ3) is 2.80. The zero-order valence-corrected chi connectivity index (χ0v) is 11.5. The SMILES string of the molecule is CCOc1nc(NC)nc(N2CCC(C)(C)C2)n1. The Hall–Kier alpha value is -1.59. The number of hydrogen-bond acceptors (Lipinski definition) is 6. The fourth-order valence-electron chi connectivity index (χ4n) is 2.08. The summed E-state index contributed by atoms with van der Waals surface area (Å²) >= 11 is 0. The summed E-state index contributed by atoms with van der Waals surface area (Å²) < 4.78 is 5.37. The molecule has 1 aromatic heterocycles. The number of anilines is 2. The van der Waals surface area contributed by atoms with Gasteiger partial charge >= 0.3 is 6.01 Å². The minimum atomic E-state index is 0.318. The van der Waals surface area contributed by atoms with Crippen LogP contribution in [0.4, 0.5) is 11.9 Å². The van der Waals surface area contributed by atoms with E-state index in [9.17, 15) is 0 Å². The Kier molecular flexibility index (Phi) is 3.54. The summed E-state index contributed by atoms with van der Waals surface area (Å²) in [5, 5.41) is 2.94. The first-order valence-electron chi connectivity index (χ1n) is 6.35. The third-order valence-electron chi connectivity index (χ3n) is 3.06. The van der Waals surface area contributed by atoms with Crippen molar-refractivity contribution in [2.75, 3.05) is 37.0 Å². The number of hydrogen-bond donors (Lipinski definition) is 1. The second-order valence-electron chi connectivity index (χ2n) is 5.26. The van der Waals surface area contributed by atoms with Crippen LogP contribution in [0.1, 0.15) is 27.2 Å². The highest BCUT2D eigenvalue weighted by atomic mass is 16.5. The number of nitrogens with zero attached hydrogens (tertiary/aromatic N) is 4. The maximum atomic E-state index is 5.37. The lowest BCUT2D eigenvalue weighted by molar-refractivity contribution is 0.312. The van der Waals surface area contributed by atoms with E-state index in [0.717, 1.165) is 19.5 Å². The number of nitrogens with one attached hydrogen (secondary N) is 1. The summed E-state index contributed by atoms with van der Waals surface area (Å²) in [5.41, 5.74) is 0.318. The van der Waals surface area contributed by atoms with Crippen molar-refractivity contribution in [1.82, 2.24) is 15.0 Å². The van der Waals surface area contributed by atoms with E-state index in [1.807, 2.05) is 6.92 Å². The van der Waals surface area contributed by atoms with E-state index in [1.54, 1.807) is 7.05 Å². The quantitative estimate of drug-likeness (QED) is 0.876. The molecule has 0 bridgehead atoms. The van der Waals surface area contributed by atoms with Crippen LogP contribution in [0.3, 0.4) is 0 Å². The minimum Gasteiger partial charge on any atom is -0.464 e. The van der Waals surface area contributed by atoms with Gasteiger partial charge in [0.05, 0.1) is 6.61 Å². The lowest BCUT2D eigenvalue weighted by Crippen LogP contribution is -2.25. The van der Waals surface area contributed by atoms with Gasteiger partial charge in [0.1, 0.15) is 0 Å². The molecule has 0 radical (unpaired) electrons. The molecule has 2 rings (SSSR count). The number of aromatic nitrogens is 3. The maximum absolute atomic E-state index is 5.37. The Morgan fingerprint density at radius 1 is 1.33 bits per heavy atom. The van der Waals surface area contributed by atoms with Gasteiger partial charge in [-0.1, -0.05) is 13.8 Å². The van der Waals surface area contributed by atoms with Crippen molar-refractivity contribution in [2.24, 2.45) is 5.41 Å². The molecule has 1 aliphatic rings. The Morgan fingerprint density at radius 3 is 2.67 bits per heavy atom. The van der Waals surface area contributed by atoms with Crippen molar-refractivity contribution in [2.45, 2.75) is 27.2 Å². The lowest BCUT2D eigenvalue weighted by Gasteiger charge is -2.20. The Labute approximate surface area is 108 Å². The summed E-state index contributed by atoms with van der Waals surface area (Å²) in [7, 11) is 1.79. The fourth-order valence-corrected chi connectivity index (χ4v) is 2.08. The van der Waals surface area contributed by atoms with Gasteiger partial charge in [0, 0.05) is 20.1 Å². The molecule has 0 unspecified atom stereocenters. The maximum Gasteiger partial charge on any atom is 0.323 e. The molecule has 1 aliphatic heterocycles.